The highest BCUT2D eigenvalue weighted by atomic mass is 35.5. The third-order valence-corrected chi connectivity index (χ3v) is 3.33. The van der Waals surface area contributed by atoms with Gasteiger partial charge in [-0.15, -0.1) is 0 Å². The van der Waals surface area contributed by atoms with Crippen molar-refractivity contribution in [2.45, 2.75) is 6.42 Å². The van der Waals surface area contributed by atoms with Gasteiger partial charge < -0.3 is 0 Å². The van der Waals surface area contributed by atoms with Crippen LogP contribution in [0.15, 0.2) is 54.6 Å². The van der Waals surface area contributed by atoms with Crippen molar-refractivity contribution in [3.05, 3.63) is 76.3 Å². The van der Waals surface area contributed by atoms with Crippen LogP contribution in [0, 0.1) is 0 Å². The van der Waals surface area contributed by atoms with Crippen molar-refractivity contribution >= 4 is 17.2 Å². The zero-order valence-corrected chi connectivity index (χ0v) is 9.54. The van der Waals surface area contributed by atoms with E-state index in [0.717, 1.165) is 17.0 Å². The molecular formula is C15H11Cl. The van der Waals surface area contributed by atoms with Crippen molar-refractivity contribution in [3.8, 4) is 0 Å². The third-order valence-electron chi connectivity index (χ3n) is 3.00. The smallest absolute Gasteiger partial charge is 0.0484 e. The average Bonchev–Trinajstić information content (AvgIpc) is 2.74. The Kier molecular flexibility index (Phi) is 2.30. The third kappa shape index (κ3) is 1.46. The first kappa shape index (κ1) is 9.68. The Bertz CT molecular complexity index is 567. The Balaban J connectivity index is 2.15. The molecule has 0 aromatic heterocycles. The number of hydrogen-bond donors (Lipinski definition) is 0. The normalized spacial score (nSPS) is 13.4. The van der Waals surface area contributed by atoms with Gasteiger partial charge in [0.2, 0.25) is 0 Å². The van der Waals surface area contributed by atoms with E-state index in [1.165, 1.54) is 16.7 Å². The quantitative estimate of drug-likeness (QED) is 0.679. The summed E-state index contributed by atoms with van der Waals surface area (Å²) in [6.45, 7) is 0. The van der Waals surface area contributed by atoms with Gasteiger partial charge in [-0.25, -0.2) is 0 Å². The second-order valence-corrected chi connectivity index (χ2v) is 4.37. The van der Waals surface area contributed by atoms with Crippen LogP contribution in [0.25, 0.3) is 5.57 Å². The molecule has 2 aromatic carbocycles. The van der Waals surface area contributed by atoms with E-state index in [1.807, 2.05) is 18.2 Å². The molecule has 1 aliphatic carbocycles. The fourth-order valence-corrected chi connectivity index (χ4v) is 2.46. The molecule has 0 unspecified atom stereocenters. The number of allylic oxidation sites excluding steroid dienone is 1. The Morgan fingerprint density at radius 2 is 1.50 bits per heavy atom. The van der Waals surface area contributed by atoms with E-state index in [-0.39, 0.29) is 0 Å². The topological polar surface area (TPSA) is 0 Å². The number of hydrogen-bond acceptors (Lipinski definition) is 0. The van der Waals surface area contributed by atoms with Crippen LogP contribution in [0.2, 0.25) is 5.02 Å². The lowest BCUT2D eigenvalue weighted by Crippen LogP contribution is -1.87. The van der Waals surface area contributed by atoms with Gasteiger partial charge in [0, 0.05) is 10.6 Å². The molecule has 0 saturated heterocycles. The summed E-state index contributed by atoms with van der Waals surface area (Å²) in [5.41, 5.74) is 5.10. The van der Waals surface area contributed by atoms with Gasteiger partial charge in [-0.05, 0) is 29.2 Å². The minimum Gasteiger partial charge on any atom is -0.0837 e. The van der Waals surface area contributed by atoms with Gasteiger partial charge in [0.05, 0.1) is 0 Å². The first-order chi connectivity index (χ1) is 7.86. The average molecular weight is 227 g/mol. The summed E-state index contributed by atoms with van der Waals surface area (Å²) in [5.74, 6) is 0. The molecule has 2 aromatic rings. The molecule has 0 amide bonds. The van der Waals surface area contributed by atoms with Gasteiger partial charge in [-0.1, -0.05) is 60.1 Å². The molecule has 0 aliphatic heterocycles. The molecule has 0 heterocycles. The molecule has 0 bridgehead atoms. The van der Waals surface area contributed by atoms with Crippen molar-refractivity contribution in [2.75, 3.05) is 0 Å². The van der Waals surface area contributed by atoms with Crippen LogP contribution in [-0.2, 0) is 6.42 Å². The molecule has 1 heteroatoms. The molecule has 3 rings (SSSR count). The lowest BCUT2D eigenvalue weighted by molar-refractivity contribution is 1.31. The fraction of sp³-hybridized carbons (Fsp3) is 0.0667. The molecule has 1 aliphatic rings. The largest absolute Gasteiger partial charge is 0.0837 e. The van der Waals surface area contributed by atoms with Gasteiger partial charge in [0.25, 0.3) is 0 Å². The summed E-state index contributed by atoms with van der Waals surface area (Å²) < 4.78 is 0. The van der Waals surface area contributed by atoms with Crippen LogP contribution < -0.4 is 0 Å². The molecule has 0 nitrogen and oxygen atoms in total. The minimum atomic E-state index is 0.824. The Morgan fingerprint density at radius 3 is 2.31 bits per heavy atom. The van der Waals surface area contributed by atoms with Gasteiger partial charge >= 0.3 is 0 Å². The maximum absolute atomic E-state index is 6.23. The van der Waals surface area contributed by atoms with Crippen molar-refractivity contribution < 1.29 is 0 Å². The van der Waals surface area contributed by atoms with Crippen molar-refractivity contribution in [3.63, 3.8) is 0 Å². The second kappa shape index (κ2) is 3.80. The highest BCUT2D eigenvalue weighted by Gasteiger charge is 2.16. The zero-order valence-electron chi connectivity index (χ0n) is 8.78. The molecule has 16 heavy (non-hydrogen) atoms. The number of benzene rings is 2. The highest BCUT2D eigenvalue weighted by molar-refractivity contribution is 6.32. The lowest BCUT2D eigenvalue weighted by atomic mass is 9.99. The molecule has 0 radical (unpaired) electrons. The van der Waals surface area contributed by atoms with Gasteiger partial charge in [-0.2, -0.15) is 0 Å². The summed E-state index contributed by atoms with van der Waals surface area (Å²) in [5, 5.41) is 0.824. The van der Waals surface area contributed by atoms with Crippen LogP contribution >= 0.6 is 11.6 Å². The predicted molar refractivity (Wildman–Crippen MR) is 68.7 cm³/mol. The number of fused-ring (bicyclic) bond motifs is 1. The maximum Gasteiger partial charge on any atom is 0.0484 e. The van der Waals surface area contributed by atoms with Crippen molar-refractivity contribution in [2.24, 2.45) is 0 Å². The lowest BCUT2D eigenvalue weighted by Gasteiger charge is -2.07. The molecule has 0 saturated carbocycles. The molecule has 0 spiro atoms. The first-order valence-electron chi connectivity index (χ1n) is 5.39. The van der Waals surface area contributed by atoms with E-state index in [4.69, 9.17) is 11.6 Å². The Labute approximate surface area is 100 Å². The summed E-state index contributed by atoms with van der Waals surface area (Å²) in [7, 11) is 0. The second-order valence-electron chi connectivity index (χ2n) is 3.96. The van der Waals surface area contributed by atoms with Crippen LogP contribution in [0.5, 0.6) is 0 Å². The van der Waals surface area contributed by atoms with Crippen LogP contribution in [-0.4, -0.2) is 0 Å². The van der Waals surface area contributed by atoms with E-state index < -0.39 is 0 Å². The summed E-state index contributed by atoms with van der Waals surface area (Å²) in [4.78, 5) is 0. The summed E-state index contributed by atoms with van der Waals surface area (Å²) in [6, 6.07) is 16.5. The molecule has 78 valence electrons. The SMILES string of the molecule is Clc1ccccc1C1=CCc2ccccc21. The number of halogens is 1. The van der Waals surface area contributed by atoms with Crippen LogP contribution in [0.3, 0.4) is 0 Å². The number of rotatable bonds is 1. The monoisotopic (exact) mass is 226 g/mol. The van der Waals surface area contributed by atoms with E-state index in [9.17, 15) is 0 Å². The van der Waals surface area contributed by atoms with Crippen molar-refractivity contribution in [1.82, 2.24) is 0 Å². The molecule has 0 fully saturated rings. The standard InChI is InChI=1S/C15H11Cl/c16-15-8-4-3-7-14(15)13-10-9-11-5-1-2-6-12(11)13/h1-8,10H,9H2. The van der Waals surface area contributed by atoms with Crippen molar-refractivity contribution in [1.29, 1.82) is 0 Å². The molecule has 0 atom stereocenters. The predicted octanol–water partition coefficient (Wildman–Crippen LogP) is 4.33. The van der Waals surface area contributed by atoms with Gasteiger partial charge in [0.15, 0.2) is 0 Å². The zero-order chi connectivity index (χ0) is 11.0. The minimum absolute atomic E-state index is 0.824. The Hall–Kier alpha value is -1.53. The molecule has 0 N–H and O–H groups in total. The maximum atomic E-state index is 6.23. The van der Waals surface area contributed by atoms with E-state index >= 15 is 0 Å². The van der Waals surface area contributed by atoms with E-state index in [0.29, 0.717) is 0 Å². The summed E-state index contributed by atoms with van der Waals surface area (Å²) >= 11 is 6.23. The van der Waals surface area contributed by atoms with E-state index in [1.54, 1.807) is 0 Å². The first-order valence-corrected chi connectivity index (χ1v) is 5.77. The van der Waals surface area contributed by atoms with Crippen LogP contribution in [0.4, 0.5) is 0 Å². The van der Waals surface area contributed by atoms with Gasteiger partial charge in [-0.3, -0.25) is 0 Å². The van der Waals surface area contributed by atoms with E-state index in [2.05, 4.69) is 36.4 Å². The van der Waals surface area contributed by atoms with Crippen LogP contribution in [0.1, 0.15) is 16.7 Å². The molecular weight excluding hydrogens is 216 g/mol. The highest BCUT2D eigenvalue weighted by Crippen LogP contribution is 2.35. The fourth-order valence-electron chi connectivity index (χ4n) is 2.22. The summed E-state index contributed by atoms with van der Waals surface area (Å²) in [6.07, 6.45) is 3.27. The Morgan fingerprint density at radius 1 is 0.812 bits per heavy atom. The van der Waals surface area contributed by atoms with Gasteiger partial charge in [0.1, 0.15) is 0 Å².